The summed E-state index contributed by atoms with van der Waals surface area (Å²) in [5, 5.41) is 10.2. The molecule has 9 nitrogen and oxygen atoms in total. The third-order valence-corrected chi connectivity index (χ3v) is 4.29. The Hall–Kier alpha value is -2.65. The Morgan fingerprint density at radius 1 is 1.38 bits per heavy atom. The number of nitrogens with zero attached hydrogens (tertiary/aromatic N) is 3. The number of likely N-dealkylation sites (N-methyl/N-ethyl adjacent to an activating group) is 1. The van der Waals surface area contributed by atoms with Crippen molar-refractivity contribution in [3.05, 3.63) is 18.0 Å². The summed E-state index contributed by atoms with van der Waals surface area (Å²) < 4.78 is 16.2. The van der Waals surface area contributed by atoms with Crippen LogP contribution in [0.5, 0.6) is 11.5 Å². The van der Waals surface area contributed by atoms with E-state index in [1.165, 1.54) is 21.1 Å². The minimum atomic E-state index is -0.219. The Morgan fingerprint density at radius 2 is 2.19 bits per heavy atom. The van der Waals surface area contributed by atoms with Gasteiger partial charge in [-0.1, -0.05) is 5.16 Å². The maximum absolute atomic E-state index is 11.5. The molecule has 1 atom stereocenters. The molecule has 2 heterocycles. The molecule has 2 N–H and O–H groups in total. The number of hydrogen-bond donors (Lipinski definition) is 2. The standard InChI is InChI=1S/C17H23N5O4/c1-10(23)19-12-7-11(8-14(24-3)15(12)25-4)17-20-16(21-26-17)13-9-18-5-6-22(13)2/h7-8,13,18H,5-6,9H2,1-4H3,(H,19,23). The van der Waals surface area contributed by atoms with Gasteiger partial charge in [0.1, 0.15) is 0 Å². The highest BCUT2D eigenvalue weighted by Gasteiger charge is 2.26. The fourth-order valence-corrected chi connectivity index (χ4v) is 2.95. The van der Waals surface area contributed by atoms with Crippen LogP contribution in [0.25, 0.3) is 11.5 Å². The monoisotopic (exact) mass is 361 g/mol. The van der Waals surface area contributed by atoms with Crippen molar-refractivity contribution in [3.8, 4) is 23.0 Å². The van der Waals surface area contributed by atoms with E-state index in [0.717, 1.165) is 19.6 Å². The summed E-state index contributed by atoms with van der Waals surface area (Å²) in [4.78, 5) is 18.2. The summed E-state index contributed by atoms with van der Waals surface area (Å²) in [6.45, 7) is 4.04. The summed E-state index contributed by atoms with van der Waals surface area (Å²) in [6, 6.07) is 3.52. The molecule has 0 saturated carbocycles. The average Bonchev–Trinajstić information content (AvgIpc) is 3.10. The fraction of sp³-hybridized carbons (Fsp3) is 0.471. The molecule has 2 aromatic rings. The number of amides is 1. The van der Waals surface area contributed by atoms with Gasteiger partial charge in [-0.05, 0) is 19.2 Å². The second-order valence-electron chi connectivity index (χ2n) is 6.10. The fourth-order valence-electron chi connectivity index (χ4n) is 2.95. The summed E-state index contributed by atoms with van der Waals surface area (Å²) in [6.07, 6.45) is 0. The van der Waals surface area contributed by atoms with E-state index in [0.29, 0.717) is 34.5 Å². The average molecular weight is 361 g/mol. The van der Waals surface area contributed by atoms with Crippen LogP contribution < -0.4 is 20.1 Å². The Balaban J connectivity index is 1.97. The Bertz CT molecular complexity index is 791. The molecule has 3 rings (SSSR count). The third kappa shape index (κ3) is 3.63. The van der Waals surface area contributed by atoms with Crippen molar-refractivity contribution in [2.45, 2.75) is 13.0 Å². The molecule has 0 aliphatic carbocycles. The maximum Gasteiger partial charge on any atom is 0.258 e. The molecule has 0 radical (unpaired) electrons. The van der Waals surface area contributed by atoms with E-state index in [1.807, 2.05) is 7.05 Å². The lowest BCUT2D eigenvalue weighted by molar-refractivity contribution is -0.114. The smallest absolute Gasteiger partial charge is 0.258 e. The topological polar surface area (TPSA) is 102 Å². The quantitative estimate of drug-likeness (QED) is 0.821. The van der Waals surface area contributed by atoms with Crippen LogP contribution in [0.1, 0.15) is 18.8 Å². The zero-order chi connectivity index (χ0) is 18.7. The molecule has 140 valence electrons. The Labute approximate surface area is 151 Å². The third-order valence-electron chi connectivity index (χ3n) is 4.29. The second-order valence-corrected chi connectivity index (χ2v) is 6.10. The van der Waals surface area contributed by atoms with Crippen molar-refractivity contribution in [3.63, 3.8) is 0 Å². The van der Waals surface area contributed by atoms with Gasteiger partial charge in [-0.3, -0.25) is 9.69 Å². The normalized spacial score (nSPS) is 17.8. The minimum Gasteiger partial charge on any atom is -0.493 e. The number of carbonyl (C=O) groups excluding carboxylic acids is 1. The molecule has 1 unspecified atom stereocenters. The zero-order valence-electron chi connectivity index (χ0n) is 15.3. The zero-order valence-corrected chi connectivity index (χ0v) is 15.3. The second kappa shape index (κ2) is 7.71. The highest BCUT2D eigenvalue weighted by atomic mass is 16.5. The first-order chi connectivity index (χ1) is 12.5. The number of carbonyl (C=O) groups is 1. The van der Waals surface area contributed by atoms with Crippen LogP contribution >= 0.6 is 0 Å². The lowest BCUT2D eigenvalue weighted by Crippen LogP contribution is -2.44. The van der Waals surface area contributed by atoms with Crippen LogP contribution in [0.2, 0.25) is 0 Å². The molecule has 26 heavy (non-hydrogen) atoms. The van der Waals surface area contributed by atoms with Gasteiger partial charge in [-0.2, -0.15) is 4.98 Å². The van der Waals surface area contributed by atoms with E-state index in [9.17, 15) is 4.79 Å². The first-order valence-electron chi connectivity index (χ1n) is 8.32. The Kier molecular flexibility index (Phi) is 5.38. The van der Waals surface area contributed by atoms with E-state index in [4.69, 9.17) is 14.0 Å². The van der Waals surface area contributed by atoms with Crippen molar-refractivity contribution in [2.24, 2.45) is 0 Å². The SMILES string of the molecule is COc1cc(-c2nc(C3CNCCN3C)no2)cc(NC(C)=O)c1OC. The molecule has 1 aliphatic heterocycles. The predicted molar refractivity (Wildman–Crippen MR) is 95.4 cm³/mol. The van der Waals surface area contributed by atoms with Gasteiger partial charge in [0.2, 0.25) is 5.91 Å². The van der Waals surface area contributed by atoms with Crippen LogP contribution in [-0.4, -0.2) is 61.8 Å². The van der Waals surface area contributed by atoms with E-state index in [-0.39, 0.29) is 11.9 Å². The molecule has 1 amide bonds. The summed E-state index contributed by atoms with van der Waals surface area (Å²) in [5.74, 6) is 1.65. The van der Waals surface area contributed by atoms with Crippen LogP contribution in [-0.2, 0) is 4.79 Å². The number of anilines is 1. The van der Waals surface area contributed by atoms with Crippen molar-refractivity contribution in [2.75, 3.05) is 46.2 Å². The van der Waals surface area contributed by atoms with Crippen LogP contribution in [0.15, 0.2) is 16.7 Å². The van der Waals surface area contributed by atoms with Gasteiger partial charge in [-0.25, -0.2) is 0 Å². The number of nitrogens with one attached hydrogen (secondary N) is 2. The molecule has 0 spiro atoms. The number of piperazine rings is 1. The molecular formula is C17H23N5O4. The first kappa shape index (κ1) is 18.2. The largest absolute Gasteiger partial charge is 0.493 e. The van der Waals surface area contributed by atoms with E-state index in [1.54, 1.807) is 12.1 Å². The number of rotatable bonds is 5. The maximum atomic E-state index is 11.5. The van der Waals surface area contributed by atoms with Gasteiger partial charge in [0.15, 0.2) is 17.3 Å². The highest BCUT2D eigenvalue weighted by molar-refractivity contribution is 5.92. The molecule has 9 heteroatoms. The van der Waals surface area contributed by atoms with Gasteiger partial charge in [0.05, 0.1) is 25.9 Å². The van der Waals surface area contributed by atoms with Crippen molar-refractivity contribution < 1.29 is 18.8 Å². The van der Waals surface area contributed by atoms with Crippen LogP contribution in [0, 0.1) is 0 Å². The van der Waals surface area contributed by atoms with E-state index < -0.39 is 0 Å². The molecule has 1 aliphatic rings. The highest BCUT2D eigenvalue weighted by Crippen LogP contribution is 2.39. The lowest BCUT2D eigenvalue weighted by atomic mass is 10.1. The summed E-state index contributed by atoms with van der Waals surface area (Å²) in [5.41, 5.74) is 1.11. The minimum absolute atomic E-state index is 0.0520. The lowest BCUT2D eigenvalue weighted by Gasteiger charge is -2.30. The predicted octanol–water partition coefficient (Wildman–Crippen LogP) is 1.29. The Morgan fingerprint density at radius 3 is 2.85 bits per heavy atom. The number of hydrogen-bond acceptors (Lipinski definition) is 8. The van der Waals surface area contributed by atoms with E-state index in [2.05, 4.69) is 25.7 Å². The molecule has 1 aromatic heterocycles. The molecular weight excluding hydrogens is 338 g/mol. The van der Waals surface area contributed by atoms with Crippen LogP contribution in [0.4, 0.5) is 5.69 Å². The van der Waals surface area contributed by atoms with Crippen molar-refractivity contribution in [1.82, 2.24) is 20.4 Å². The number of ether oxygens (including phenoxy) is 2. The molecule has 0 bridgehead atoms. The van der Waals surface area contributed by atoms with Gasteiger partial charge in [0, 0.05) is 32.1 Å². The molecule has 1 saturated heterocycles. The summed E-state index contributed by atoms with van der Waals surface area (Å²) >= 11 is 0. The van der Waals surface area contributed by atoms with Gasteiger partial charge in [0.25, 0.3) is 5.89 Å². The number of methoxy groups -OCH3 is 2. The van der Waals surface area contributed by atoms with E-state index >= 15 is 0 Å². The molecule has 1 fully saturated rings. The van der Waals surface area contributed by atoms with Gasteiger partial charge < -0.3 is 24.6 Å². The number of aromatic nitrogens is 2. The number of benzene rings is 1. The first-order valence-corrected chi connectivity index (χ1v) is 8.32. The van der Waals surface area contributed by atoms with Crippen molar-refractivity contribution in [1.29, 1.82) is 0 Å². The van der Waals surface area contributed by atoms with Crippen molar-refractivity contribution >= 4 is 11.6 Å². The van der Waals surface area contributed by atoms with Gasteiger partial charge >= 0.3 is 0 Å². The van der Waals surface area contributed by atoms with Crippen LogP contribution in [0.3, 0.4) is 0 Å². The van der Waals surface area contributed by atoms with Gasteiger partial charge in [-0.15, -0.1) is 0 Å². The molecule has 1 aromatic carbocycles. The summed E-state index contributed by atoms with van der Waals surface area (Å²) in [7, 11) is 5.08.